The number of nitrogens with one attached hydrogen (secondary N) is 2. The molecule has 2 N–H and O–H groups in total. The maximum absolute atomic E-state index is 11.6. The topological polar surface area (TPSA) is 87.5 Å². The lowest BCUT2D eigenvalue weighted by Gasteiger charge is -2.24. The van der Waals surface area contributed by atoms with Crippen molar-refractivity contribution in [2.45, 2.75) is 32.2 Å². The highest BCUT2D eigenvalue weighted by molar-refractivity contribution is 5.95. The normalized spacial score (nSPS) is 16.1. The number of rotatable bonds is 7. The third-order valence-corrected chi connectivity index (χ3v) is 4.21. The molecule has 1 atom stereocenters. The fourth-order valence-corrected chi connectivity index (χ4v) is 2.86. The number of anilines is 1. The summed E-state index contributed by atoms with van der Waals surface area (Å²) in [5.74, 6) is -0.330. The number of likely N-dealkylation sites (tertiary alicyclic amines) is 1. The summed E-state index contributed by atoms with van der Waals surface area (Å²) in [5, 5.41) is 17.1. The largest absolute Gasteiger partial charge is 0.375 e. The highest BCUT2D eigenvalue weighted by Crippen LogP contribution is 2.27. The van der Waals surface area contributed by atoms with Gasteiger partial charge in [0.05, 0.1) is 4.92 Å². The van der Waals surface area contributed by atoms with Crippen LogP contribution in [0.15, 0.2) is 18.2 Å². The van der Waals surface area contributed by atoms with Gasteiger partial charge in [-0.15, -0.1) is 0 Å². The number of nitro groups is 1. The molecule has 1 fully saturated rings. The molecule has 1 amide bonds. The SMILES string of the molecule is CCC(CN1CCCC1)Nc1ccc(C(=O)NC)cc1[N+](=O)[O-]. The monoisotopic (exact) mass is 320 g/mol. The molecule has 7 heteroatoms. The number of benzene rings is 1. The molecule has 1 unspecified atom stereocenters. The first-order valence-corrected chi connectivity index (χ1v) is 8.04. The van der Waals surface area contributed by atoms with Crippen molar-refractivity contribution in [2.24, 2.45) is 0 Å². The average Bonchev–Trinajstić information content (AvgIpc) is 3.06. The Hall–Kier alpha value is -2.15. The van der Waals surface area contributed by atoms with E-state index in [1.54, 1.807) is 12.1 Å². The molecule has 1 aliphatic heterocycles. The fourth-order valence-electron chi connectivity index (χ4n) is 2.86. The Morgan fingerprint density at radius 3 is 2.65 bits per heavy atom. The second-order valence-corrected chi connectivity index (χ2v) is 5.83. The summed E-state index contributed by atoms with van der Waals surface area (Å²) in [4.78, 5) is 24.9. The van der Waals surface area contributed by atoms with E-state index >= 15 is 0 Å². The lowest BCUT2D eigenvalue weighted by molar-refractivity contribution is -0.384. The van der Waals surface area contributed by atoms with Crippen molar-refractivity contribution in [3.05, 3.63) is 33.9 Å². The number of hydrogen-bond donors (Lipinski definition) is 2. The molecule has 2 rings (SSSR count). The van der Waals surface area contributed by atoms with E-state index in [-0.39, 0.29) is 23.2 Å². The maximum atomic E-state index is 11.6. The van der Waals surface area contributed by atoms with E-state index in [4.69, 9.17) is 0 Å². The molecule has 1 heterocycles. The van der Waals surface area contributed by atoms with E-state index < -0.39 is 4.92 Å². The standard InChI is InChI=1S/C16H24N4O3/c1-3-13(11-19-8-4-5-9-19)18-14-7-6-12(16(21)17-2)10-15(14)20(22)23/h6-7,10,13,18H,3-5,8-9,11H2,1-2H3,(H,17,21). The Morgan fingerprint density at radius 2 is 2.09 bits per heavy atom. The number of hydrogen-bond acceptors (Lipinski definition) is 5. The summed E-state index contributed by atoms with van der Waals surface area (Å²) >= 11 is 0. The fraction of sp³-hybridized carbons (Fsp3) is 0.562. The zero-order valence-corrected chi connectivity index (χ0v) is 13.7. The Morgan fingerprint density at radius 1 is 1.39 bits per heavy atom. The van der Waals surface area contributed by atoms with E-state index in [1.807, 2.05) is 0 Å². The predicted molar refractivity (Wildman–Crippen MR) is 89.9 cm³/mol. The smallest absolute Gasteiger partial charge is 0.293 e. The Bertz CT molecular complexity index is 570. The van der Waals surface area contributed by atoms with Crippen LogP contribution in [0.25, 0.3) is 0 Å². The second-order valence-electron chi connectivity index (χ2n) is 5.83. The van der Waals surface area contributed by atoms with Crippen molar-refractivity contribution in [2.75, 3.05) is 32.0 Å². The van der Waals surface area contributed by atoms with Crippen molar-refractivity contribution in [1.82, 2.24) is 10.2 Å². The molecule has 1 aromatic rings. The van der Waals surface area contributed by atoms with Gasteiger partial charge in [0, 0.05) is 31.3 Å². The summed E-state index contributed by atoms with van der Waals surface area (Å²) in [6, 6.07) is 4.70. The van der Waals surface area contributed by atoms with Crippen molar-refractivity contribution in [3.63, 3.8) is 0 Å². The van der Waals surface area contributed by atoms with Gasteiger partial charge in [-0.2, -0.15) is 0 Å². The third kappa shape index (κ3) is 4.41. The first-order chi connectivity index (χ1) is 11.0. The van der Waals surface area contributed by atoms with Crippen molar-refractivity contribution >= 4 is 17.3 Å². The first kappa shape index (κ1) is 17.2. The Labute approximate surface area is 136 Å². The van der Waals surface area contributed by atoms with Crippen LogP contribution in [0.4, 0.5) is 11.4 Å². The summed E-state index contributed by atoms with van der Waals surface area (Å²) in [7, 11) is 1.50. The molecule has 0 aliphatic carbocycles. The molecule has 0 radical (unpaired) electrons. The van der Waals surface area contributed by atoms with E-state index in [0.29, 0.717) is 5.69 Å². The van der Waals surface area contributed by atoms with Gasteiger partial charge in [-0.1, -0.05) is 6.92 Å². The Balaban J connectivity index is 2.16. The molecule has 7 nitrogen and oxygen atoms in total. The molecule has 1 aliphatic rings. The van der Waals surface area contributed by atoms with Crippen LogP contribution in [-0.4, -0.2) is 48.5 Å². The van der Waals surface area contributed by atoms with E-state index in [1.165, 1.54) is 26.0 Å². The predicted octanol–water partition coefficient (Wildman–Crippen LogP) is 2.24. The summed E-state index contributed by atoms with van der Waals surface area (Å²) in [6.45, 7) is 5.13. The molecule has 0 bridgehead atoms. The van der Waals surface area contributed by atoms with Crippen LogP contribution in [0.1, 0.15) is 36.5 Å². The molecule has 1 aromatic carbocycles. The van der Waals surface area contributed by atoms with Gasteiger partial charge in [0.15, 0.2) is 0 Å². The third-order valence-electron chi connectivity index (χ3n) is 4.21. The lowest BCUT2D eigenvalue weighted by Crippen LogP contribution is -2.34. The Kier molecular flexibility index (Phi) is 5.92. The first-order valence-electron chi connectivity index (χ1n) is 8.04. The lowest BCUT2D eigenvalue weighted by atomic mass is 10.1. The van der Waals surface area contributed by atoms with Crippen LogP contribution in [0, 0.1) is 10.1 Å². The molecule has 1 saturated heterocycles. The highest BCUT2D eigenvalue weighted by Gasteiger charge is 2.21. The van der Waals surface area contributed by atoms with Crippen molar-refractivity contribution in [3.8, 4) is 0 Å². The number of nitro benzene ring substituents is 1. The second kappa shape index (κ2) is 7.92. The van der Waals surface area contributed by atoms with Gasteiger partial charge in [-0.05, 0) is 44.5 Å². The minimum atomic E-state index is -0.447. The van der Waals surface area contributed by atoms with Crippen molar-refractivity contribution in [1.29, 1.82) is 0 Å². The van der Waals surface area contributed by atoms with E-state index in [2.05, 4.69) is 22.5 Å². The zero-order chi connectivity index (χ0) is 16.8. The number of amides is 1. The molecule has 0 spiro atoms. The summed E-state index contributed by atoms with van der Waals surface area (Å²) in [6.07, 6.45) is 3.32. The molecule has 0 saturated carbocycles. The molecular formula is C16H24N4O3. The molecular weight excluding hydrogens is 296 g/mol. The number of carbonyl (C=O) groups is 1. The van der Waals surface area contributed by atoms with Gasteiger partial charge in [-0.3, -0.25) is 14.9 Å². The number of nitrogens with zero attached hydrogens (tertiary/aromatic N) is 2. The van der Waals surface area contributed by atoms with Crippen LogP contribution in [0.3, 0.4) is 0 Å². The van der Waals surface area contributed by atoms with Crippen molar-refractivity contribution < 1.29 is 9.72 Å². The van der Waals surface area contributed by atoms with E-state index in [9.17, 15) is 14.9 Å². The summed E-state index contributed by atoms with van der Waals surface area (Å²) in [5.41, 5.74) is 0.692. The van der Waals surface area contributed by atoms with Gasteiger partial charge in [-0.25, -0.2) is 0 Å². The minimum absolute atomic E-state index is 0.0639. The zero-order valence-electron chi connectivity index (χ0n) is 13.7. The molecule has 23 heavy (non-hydrogen) atoms. The highest BCUT2D eigenvalue weighted by atomic mass is 16.6. The molecule has 126 valence electrons. The van der Waals surface area contributed by atoms with E-state index in [0.717, 1.165) is 26.1 Å². The van der Waals surface area contributed by atoms with Gasteiger partial charge in [0.25, 0.3) is 11.6 Å². The van der Waals surface area contributed by atoms with Gasteiger partial charge in [0.1, 0.15) is 5.69 Å². The quantitative estimate of drug-likeness (QED) is 0.594. The van der Waals surface area contributed by atoms with Gasteiger partial charge < -0.3 is 15.5 Å². The van der Waals surface area contributed by atoms with Crippen LogP contribution in [-0.2, 0) is 0 Å². The minimum Gasteiger partial charge on any atom is -0.375 e. The van der Waals surface area contributed by atoms with Gasteiger partial charge in [0.2, 0.25) is 0 Å². The summed E-state index contributed by atoms with van der Waals surface area (Å²) < 4.78 is 0. The van der Waals surface area contributed by atoms with Gasteiger partial charge >= 0.3 is 0 Å². The molecule has 0 aromatic heterocycles. The van der Waals surface area contributed by atoms with Crippen LogP contribution in [0.5, 0.6) is 0 Å². The average molecular weight is 320 g/mol. The van der Waals surface area contributed by atoms with Crippen LogP contribution >= 0.6 is 0 Å². The van der Waals surface area contributed by atoms with Crippen LogP contribution in [0.2, 0.25) is 0 Å². The van der Waals surface area contributed by atoms with Crippen LogP contribution < -0.4 is 10.6 Å². The maximum Gasteiger partial charge on any atom is 0.293 e. The number of carbonyl (C=O) groups excluding carboxylic acids is 1.